The number of sulfonamides is 1. The number of carbonyl (C=O) groups is 1. The Balaban J connectivity index is 1.63. The molecule has 0 saturated heterocycles. The molecule has 3 aromatic rings. The predicted octanol–water partition coefficient (Wildman–Crippen LogP) is 3.91. The van der Waals surface area contributed by atoms with Gasteiger partial charge in [-0.25, -0.2) is 8.42 Å². The van der Waals surface area contributed by atoms with Crippen molar-refractivity contribution in [3.8, 4) is 5.75 Å². The van der Waals surface area contributed by atoms with Crippen LogP contribution in [0.1, 0.15) is 41.8 Å². The van der Waals surface area contributed by atoms with Crippen LogP contribution >= 0.6 is 12.2 Å². The molecular formula is C27H32BN3O4S2. The Labute approximate surface area is 225 Å². The van der Waals surface area contributed by atoms with Gasteiger partial charge >= 0.3 is 0 Å². The number of amides is 1. The quantitative estimate of drug-likeness (QED) is 0.283. The average molecular weight is 538 g/mol. The molecule has 0 bridgehead atoms. The Bertz CT molecular complexity index is 1390. The summed E-state index contributed by atoms with van der Waals surface area (Å²) < 4.78 is 34.0. The number of anilines is 2. The van der Waals surface area contributed by atoms with Gasteiger partial charge in [0.15, 0.2) is 5.11 Å². The molecule has 3 N–H and O–H groups in total. The highest BCUT2D eigenvalue weighted by molar-refractivity contribution is 7.92. The maximum Gasteiger partial charge on any atom is 0.261 e. The first-order chi connectivity index (χ1) is 17.4. The summed E-state index contributed by atoms with van der Waals surface area (Å²) >= 11 is 5.31. The summed E-state index contributed by atoms with van der Waals surface area (Å²) in [7, 11) is -1.86. The second-order valence-corrected chi connectivity index (χ2v) is 11.5. The van der Waals surface area contributed by atoms with Gasteiger partial charge in [-0.05, 0) is 92.0 Å². The minimum atomic E-state index is -3.76. The molecule has 1 amide bonds. The van der Waals surface area contributed by atoms with E-state index in [1.54, 1.807) is 36.4 Å². The molecule has 0 aliphatic heterocycles. The van der Waals surface area contributed by atoms with E-state index in [0.29, 0.717) is 35.2 Å². The molecule has 0 aliphatic rings. The van der Waals surface area contributed by atoms with Gasteiger partial charge in [-0.2, -0.15) is 0 Å². The summed E-state index contributed by atoms with van der Waals surface area (Å²) in [5.41, 5.74) is 4.43. The third-order valence-corrected chi connectivity index (χ3v) is 7.34. The maximum absolute atomic E-state index is 12.9. The molecule has 0 fully saturated rings. The fourth-order valence-electron chi connectivity index (χ4n) is 3.42. The molecule has 194 valence electrons. The van der Waals surface area contributed by atoms with Crippen LogP contribution in [0.5, 0.6) is 5.75 Å². The molecule has 0 heterocycles. The lowest BCUT2D eigenvalue weighted by Gasteiger charge is -2.15. The maximum atomic E-state index is 12.9. The first-order valence-corrected chi connectivity index (χ1v) is 13.9. The largest absolute Gasteiger partial charge is 0.493 e. The number of hydrogen-bond donors (Lipinski definition) is 3. The molecule has 3 rings (SSSR count). The van der Waals surface area contributed by atoms with Crippen LogP contribution in [0.2, 0.25) is 0 Å². The van der Waals surface area contributed by atoms with Crippen LogP contribution in [-0.4, -0.2) is 33.9 Å². The summed E-state index contributed by atoms with van der Waals surface area (Å²) in [6.07, 6.45) is 0.876. The number of nitrogens with one attached hydrogen (secondary N) is 3. The molecular weight excluding hydrogens is 505 g/mol. The van der Waals surface area contributed by atoms with Gasteiger partial charge in [-0.3, -0.25) is 14.8 Å². The fraction of sp³-hybridized carbons (Fsp3) is 0.259. The van der Waals surface area contributed by atoms with Crippen LogP contribution in [0.3, 0.4) is 0 Å². The normalized spacial score (nSPS) is 11.2. The van der Waals surface area contributed by atoms with E-state index in [1.807, 2.05) is 33.8 Å². The van der Waals surface area contributed by atoms with Crippen molar-refractivity contribution >= 4 is 57.9 Å². The number of benzene rings is 3. The molecule has 0 unspecified atom stereocenters. The van der Waals surface area contributed by atoms with Crippen molar-refractivity contribution in [1.82, 2.24) is 5.32 Å². The van der Waals surface area contributed by atoms with Crippen molar-refractivity contribution in [3.05, 3.63) is 77.4 Å². The first kappa shape index (κ1) is 28.2. The van der Waals surface area contributed by atoms with E-state index in [2.05, 4.69) is 29.2 Å². The summed E-state index contributed by atoms with van der Waals surface area (Å²) in [5.74, 6) is 0.596. The Kier molecular flexibility index (Phi) is 9.34. The zero-order chi connectivity index (χ0) is 27.2. The van der Waals surface area contributed by atoms with E-state index in [0.717, 1.165) is 23.0 Å². The van der Waals surface area contributed by atoms with E-state index >= 15 is 0 Å². The van der Waals surface area contributed by atoms with Gasteiger partial charge < -0.3 is 10.1 Å². The summed E-state index contributed by atoms with van der Waals surface area (Å²) in [5, 5.41) is 5.68. The summed E-state index contributed by atoms with van der Waals surface area (Å²) in [4.78, 5) is 13.0. The third kappa shape index (κ3) is 8.06. The van der Waals surface area contributed by atoms with Gasteiger partial charge in [0.1, 0.15) is 13.6 Å². The van der Waals surface area contributed by atoms with E-state index in [4.69, 9.17) is 17.0 Å². The number of carbonyl (C=O) groups excluding carboxylic acids is 1. The smallest absolute Gasteiger partial charge is 0.261 e. The fourth-order valence-corrected chi connectivity index (χ4v) is 4.68. The third-order valence-electron chi connectivity index (χ3n) is 5.74. The van der Waals surface area contributed by atoms with E-state index in [9.17, 15) is 13.2 Å². The van der Waals surface area contributed by atoms with Crippen molar-refractivity contribution < 1.29 is 17.9 Å². The predicted molar refractivity (Wildman–Crippen MR) is 156 cm³/mol. The number of hydrogen-bond acceptors (Lipinski definition) is 5. The van der Waals surface area contributed by atoms with Crippen molar-refractivity contribution in [2.24, 2.45) is 5.92 Å². The number of ether oxygens (including phenoxy) is 1. The Hall–Kier alpha value is -3.37. The average Bonchev–Trinajstić information content (AvgIpc) is 2.82. The highest BCUT2D eigenvalue weighted by Crippen LogP contribution is 2.21. The molecule has 37 heavy (non-hydrogen) atoms. The Morgan fingerprint density at radius 2 is 1.65 bits per heavy atom. The molecule has 0 saturated carbocycles. The van der Waals surface area contributed by atoms with Crippen molar-refractivity contribution in [2.45, 2.75) is 39.0 Å². The highest BCUT2D eigenvalue weighted by atomic mass is 32.2. The van der Waals surface area contributed by atoms with Gasteiger partial charge in [0.2, 0.25) is 0 Å². The molecule has 10 heteroatoms. The van der Waals surface area contributed by atoms with Crippen molar-refractivity contribution in [3.63, 3.8) is 0 Å². The molecule has 0 radical (unpaired) electrons. The van der Waals surface area contributed by atoms with Crippen LogP contribution in [-0.2, 0) is 10.0 Å². The lowest BCUT2D eigenvalue weighted by atomic mass is 9.94. The van der Waals surface area contributed by atoms with E-state index < -0.39 is 15.9 Å². The second-order valence-electron chi connectivity index (χ2n) is 9.37. The van der Waals surface area contributed by atoms with Crippen LogP contribution in [0.25, 0.3) is 0 Å². The molecule has 0 aliphatic carbocycles. The monoisotopic (exact) mass is 537 g/mol. The van der Waals surface area contributed by atoms with Gasteiger partial charge in [-0.1, -0.05) is 37.5 Å². The van der Waals surface area contributed by atoms with E-state index in [1.165, 1.54) is 12.1 Å². The van der Waals surface area contributed by atoms with Gasteiger partial charge in [0.05, 0.1) is 17.1 Å². The molecule has 7 nitrogen and oxygen atoms in total. The zero-order valence-electron chi connectivity index (χ0n) is 21.7. The van der Waals surface area contributed by atoms with E-state index in [-0.39, 0.29) is 10.0 Å². The highest BCUT2D eigenvalue weighted by Gasteiger charge is 2.17. The zero-order valence-corrected chi connectivity index (χ0v) is 23.3. The second kappa shape index (κ2) is 12.2. The minimum Gasteiger partial charge on any atom is -0.493 e. The Morgan fingerprint density at radius 1 is 0.973 bits per heavy atom. The molecule has 0 atom stereocenters. The lowest BCUT2D eigenvalue weighted by molar-refractivity contribution is 0.0973. The van der Waals surface area contributed by atoms with Gasteiger partial charge in [0, 0.05) is 11.4 Å². The molecule has 0 aromatic heterocycles. The SMILES string of the molecule is Bc1ccc(OCCC(C)C)c(C(=O)NC(=S)Nc2ccc(S(=O)(=O)Nc3ccc(C)c(C)c3)cc2)c1. The molecule has 3 aromatic carbocycles. The number of thiocarbonyl (C=S) groups is 1. The van der Waals surface area contributed by atoms with Gasteiger partial charge in [-0.15, -0.1) is 0 Å². The van der Waals surface area contributed by atoms with Crippen LogP contribution in [0.15, 0.2) is 65.6 Å². The Morgan fingerprint density at radius 3 is 2.30 bits per heavy atom. The standard InChI is InChI=1S/C27H32BN3O4S2/c1-17(2)13-14-35-25-12-6-20(28)16-24(25)26(32)30-27(36)29-21-8-10-23(11-9-21)37(33,34)31-22-7-5-18(3)19(4)15-22/h5-12,15-17,31H,13-14,28H2,1-4H3,(H2,29,30,32,36). The van der Waals surface area contributed by atoms with Crippen LogP contribution in [0.4, 0.5) is 11.4 Å². The van der Waals surface area contributed by atoms with Crippen molar-refractivity contribution in [2.75, 3.05) is 16.6 Å². The topological polar surface area (TPSA) is 96.5 Å². The van der Waals surface area contributed by atoms with Gasteiger partial charge in [0.25, 0.3) is 15.9 Å². The lowest BCUT2D eigenvalue weighted by Crippen LogP contribution is -2.34. The van der Waals surface area contributed by atoms with Crippen LogP contribution < -0.4 is 25.6 Å². The summed E-state index contributed by atoms with van der Waals surface area (Å²) in [6, 6.07) is 16.9. The summed E-state index contributed by atoms with van der Waals surface area (Å²) in [6.45, 7) is 8.62. The number of rotatable bonds is 9. The minimum absolute atomic E-state index is 0.0866. The van der Waals surface area contributed by atoms with Crippen LogP contribution in [0, 0.1) is 19.8 Å². The van der Waals surface area contributed by atoms with Crippen molar-refractivity contribution in [1.29, 1.82) is 0 Å². The first-order valence-electron chi connectivity index (χ1n) is 12.0. The number of aryl methyl sites for hydroxylation is 2. The molecule has 0 spiro atoms.